The number of carbonyl (C=O) groups excluding carboxylic acids is 1. The molecule has 0 spiro atoms. The number of thiazole rings is 1. The van der Waals surface area contributed by atoms with Gasteiger partial charge in [-0.05, 0) is 25.7 Å². The van der Waals surface area contributed by atoms with Gasteiger partial charge in [-0.15, -0.1) is 11.3 Å². The molecule has 0 atom stereocenters. The van der Waals surface area contributed by atoms with Gasteiger partial charge in [0.15, 0.2) is 5.13 Å². The van der Waals surface area contributed by atoms with E-state index in [-0.39, 0.29) is 12.3 Å². The first-order valence-corrected chi connectivity index (χ1v) is 9.30. The molecule has 2 fully saturated rings. The van der Waals surface area contributed by atoms with Crippen LogP contribution in [0.4, 0.5) is 5.13 Å². The Bertz CT molecular complexity index is 542. The van der Waals surface area contributed by atoms with Crippen molar-refractivity contribution in [2.75, 3.05) is 31.2 Å². The molecule has 1 saturated heterocycles. The van der Waals surface area contributed by atoms with Crippen molar-refractivity contribution >= 4 is 28.1 Å². The molecule has 2 aliphatic rings. The maximum absolute atomic E-state index is 12.0. The fourth-order valence-electron chi connectivity index (χ4n) is 2.87. The van der Waals surface area contributed by atoms with Crippen LogP contribution < -0.4 is 10.3 Å². The zero-order valence-corrected chi connectivity index (χ0v) is 14.2. The molecule has 23 heavy (non-hydrogen) atoms. The normalized spacial score (nSPS) is 19.3. The van der Waals surface area contributed by atoms with E-state index >= 15 is 0 Å². The summed E-state index contributed by atoms with van der Waals surface area (Å²) in [4.78, 5) is 18.8. The van der Waals surface area contributed by atoms with E-state index in [9.17, 15) is 4.79 Å². The highest BCUT2D eigenvalue weighted by atomic mass is 32.1. The average Bonchev–Trinajstić information content (AvgIpc) is 2.88. The Kier molecular flexibility index (Phi) is 5.99. The third-order valence-corrected chi connectivity index (χ3v) is 5.13. The summed E-state index contributed by atoms with van der Waals surface area (Å²) in [7, 11) is 0. The van der Waals surface area contributed by atoms with E-state index in [1.165, 1.54) is 25.7 Å². The average molecular weight is 336 g/mol. The molecular formula is C16H24N4O2S. The number of aromatic nitrogens is 1. The van der Waals surface area contributed by atoms with Gasteiger partial charge < -0.3 is 9.64 Å². The molecule has 1 saturated carbocycles. The number of anilines is 1. The molecule has 7 heteroatoms. The van der Waals surface area contributed by atoms with Crippen LogP contribution in [0.1, 0.15) is 44.2 Å². The van der Waals surface area contributed by atoms with Gasteiger partial charge in [-0.1, -0.05) is 12.8 Å². The molecular weight excluding hydrogens is 312 g/mol. The number of hydrogen-bond donors (Lipinski definition) is 1. The number of hydrazone groups is 1. The van der Waals surface area contributed by atoms with E-state index in [0.717, 1.165) is 55.7 Å². The number of nitrogens with zero attached hydrogens (tertiary/aromatic N) is 3. The van der Waals surface area contributed by atoms with Crippen LogP contribution >= 0.6 is 11.3 Å². The lowest BCUT2D eigenvalue weighted by atomic mass is 10.2. The van der Waals surface area contributed by atoms with Crippen LogP contribution in [-0.4, -0.2) is 42.9 Å². The van der Waals surface area contributed by atoms with Crippen molar-refractivity contribution in [2.24, 2.45) is 5.10 Å². The Labute approximate surface area is 140 Å². The Hall–Kier alpha value is -1.47. The quantitative estimate of drug-likeness (QED) is 0.677. The number of carbonyl (C=O) groups is 1. The summed E-state index contributed by atoms with van der Waals surface area (Å²) in [6.45, 7) is 3.22. The highest BCUT2D eigenvalue weighted by Crippen LogP contribution is 2.21. The fraction of sp³-hybridized carbons (Fsp3) is 0.688. The van der Waals surface area contributed by atoms with Gasteiger partial charge in [0.05, 0.1) is 25.3 Å². The van der Waals surface area contributed by atoms with Crippen molar-refractivity contribution in [1.82, 2.24) is 10.4 Å². The van der Waals surface area contributed by atoms with Crippen molar-refractivity contribution in [3.05, 3.63) is 11.1 Å². The molecule has 3 rings (SSSR count). The van der Waals surface area contributed by atoms with Gasteiger partial charge in [-0.2, -0.15) is 5.10 Å². The van der Waals surface area contributed by atoms with Crippen LogP contribution in [-0.2, 0) is 16.0 Å². The van der Waals surface area contributed by atoms with Crippen LogP contribution in [0.2, 0.25) is 0 Å². The van der Waals surface area contributed by atoms with Crippen LogP contribution in [0.25, 0.3) is 0 Å². The second-order valence-electron chi connectivity index (χ2n) is 6.02. The summed E-state index contributed by atoms with van der Waals surface area (Å²) in [6.07, 6.45) is 7.23. The number of morpholine rings is 1. The third kappa shape index (κ3) is 5.00. The smallest absolute Gasteiger partial charge is 0.246 e. The Balaban J connectivity index is 1.49. The highest BCUT2D eigenvalue weighted by molar-refractivity contribution is 7.13. The second-order valence-corrected chi connectivity index (χ2v) is 6.86. The van der Waals surface area contributed by atoms with Crippen molar-refractivity contribution in [1.29, 1.82) is 0 Å². The molecule has 1 N–H and O–H groups in total. The van der Waals surface area contributed by atoms with Gasteiger partial charge in [0, 0.05) is 24.2 Å². The van der Waals surface area contributed by atoms with Crippen molar-refractivity contribution in [2.45, 2.75) is 44.9 Å². The lowest BCUT2D eigenvalue weighted by molar-refractivity contribution is -0.120. The molecule has 1 aromatic rings. The zero-order chi connectivity index (χ0) is 15.9. The Morgan fingerprint density at radius 2 is 2.00 bits per heavy atom. The molecule has 1 aliphatic carbocycles. The van der Waals surface area contributed by atoms with Crippen LogP contribution in [0.5, 0.6) is 0 Å². The molecule has 2 heterocycles. The monoisotopic (exact) mass is 336 g/mol. The van der Waals surface area contributed by atoms with E-state index in [2.05, 4.69) is 20.4 Å². The van der Waals surface area contributed by atoms with E-state index in [1.54, 1.807) is 11.3 Å². The molecule has 0 radical (unpaired) electrons. The first kappa shape index (κ1) is 16.4. The molecule has 6 nitrogen and oxygen atoms in total. The number of amides is 1. The van der Waals surface area contributed by atoms with Crippen molar-refractivity contribution in [3.63, 3.8) is 0 Å². The van der Waals surface area contributed by atoms with Crippen molar-refractivity contribution < 1.29 is 9.53 Å². The molecule has 0 bridgehead atoms. The van der Waals surface area contributed by atoms with Crippen LogP contribution in [0.15, 0.2) is 10.5 Å². The van der Waals surface area contributed by atoms with E-state index < -0.39 is 0 Å². The Morgan fingerprint density at radius 3 is 2.74 bits per heavy atom. The molecule has 1 aliphatic heterocycles. The number of hydrogen-bond acceptors (Lipinski definition) is 6. The fourth-order valence-corrected chi connectivity index (χ4v) is 3.75. The zero-order valence-electron chi connectivity index (χ0n) is 13.4. The Morgan fingerprint density at radius 1 is 1.26 bits per heavy atom. The first-order valence-electron chi connectivity index (χ1n) is 8.42. The standard InChI is InChI=1S/C16H24N4O2S/c21-15(19-18-13-5-3-1-2-4-6-13)11-14-12-23-16(17-14)20-7-9-22-10-8-20/h12H,1-11H2,(H,19,21). The molecule has 1 amide bonds. The van der Waals surface area contributed by atoms with E-state index in [1.807, 2.05) is 5.38 Å². The molecule has 1 aromatic heterocycles. The van der Waals surface area contributed by atoms with Gasteiger partial charge in [0.1, 0.15) is 0 Å². The predicted molar refractivity (Wildman–Crippen MR) is 92.1 cm³/mol. The number of ether oxygens (including phenoxy) is 1. The second kappa shape index (κ2) is 8.40. The summed E-state index contributed by atoms with van der Waals surface area (Å²) in [6, 6.07) is 0. The molecule has 0 unspecified atom stereocenters. The lowest BCUT2D eigenvalue weighted by Crippen LogP contribution is -2.36. The SMILES string of the molecule is O=C(Cc1csc(N2CCOCC2)n1)NN=C1CCCCCC1. The summed E-state index contributed by atoms with van der Waals surface area (Å²) >= 11 is 1.59. The van der Waals surface area contributed by atoms with E-state index in [4.69, 9.17) is 4.74 Å². The minimum Gasteiger partial charge on any atom is -0.378 e. The lowest BCUT2D eigenvalue weighted by Gasteiger charge is -2.26. The first-order chi connectivity index (χ1) is 11.3. The number of nitrogens with one attached hydrogen (secondary N) is 1. The number of rotatable bonds is 4. The minimum atomic E-state index is -0.0828. The van der Waals surface area contributed by atoms with Crippen LogP contribution in [0.3, 0.4) is 0 Å². The van der Waals surface area contributed by atoms with Gasteiger partial charge in [-0.3, -0.25) is 4.79 Å². The van der Waals surface area contributed by atoms with Crippen molar-refractivity contribution in [3.8, 4) is 0 Å². The largest absolute Gasteiger partial charge is 0.378 e. The minimum absolute atomic E-state index is 0.0828. The third-order valence-electron chi connectivity index (χ3n) is 4.18. The van der Waals surface area contributed by atoms with Crippen LogP contribution in [0, 0.1) is 0 Å². The summed E-state index contributed by atoms with van der Waals surface area (Å²) in [5.41, 5.74) is 4.64. The van der Waals surface area contributed by atoms with E-state index in [0.29, 0.717) is 0 Å². The summed E-state index contributed by atoms with van der Waals surface area (Å²) in [5.74, 6) is -0.0828. The van der Waals surface area contributed by atoms with Gasteiger partial charge in [-0.25, -0.2) is 10.4 Å². The maximum atomic E-state index is 12.0. The maximum Gasteiger partial charge on any atom is 0.246 e. The predicted octanol–water partition coefficient (Wildman–Crippen LogP) is 2.35. The van der Waals surface area contributed by atoms with Gasteiger partial charge in [0.2, 0.25) is 5.91 Å². The topological polar surface area (TPSA) is 66.8 Å². The van der Waals surface area contributed by atoms with Gasteiger partial charge in [0.25, 0.3) is 0 Å². The summed E-state index contributed by atoms with van der Waals surface area (Å²) < 4.78 is 5.35. The highest BCUT2D eigenvalue weighted by Gasteiger charge is 2.15. The van der Waals surface area contributed by atoms with Gasteiger partial charge >= 0.3 is 0 Å². The molecule has 0 aromatic carbocycles. The molecule has 126 valence electrons. The summed E-state index contributed by atoms with van der Waals surface area (Å²) in [5, 5.41) is 7.24.